The Morgan fingerprint density at radius 1 is 1.06 bits per heavy atom. The average Bonchev–Trinajstić information content (AvgIpc) is 3.23. The van der Waals surface area contributed by atoms with E-state index < -0.39 is 11.7 Å². The molecule has 0 saturated heterocycles. The van der Waals surface area contributed by atoms with Crippen molar-refractivity contribution in [1.82, 2.24) is 25.0 Å². The molecule has 2 aromatic heterocycles. The van der Waals surface area contributed by atoms with E-state index in [4.69, 9.17) is 4.74 Å². The molecule has 0 aliphatic rings. The number of methoxy groups -OCH3 is 1. The molecule has 0 radical (unpaired) electrons. The van der Waals surface area contributed by atoms with Crippen molar-refractivity contribution in [3.8, 4) is 11.4 Å². The fourth-order valence-electron chi connectivity index (χ4n) is 3.29. The number of benzene rings is 2. The predicted octanol–water partition coefficient (Wildman–Crippen LogP) is 4.67. The van der Waals surface area contributed by atoms with Crippen LogP contribution < -0.4 is 10.1 Å². The summed E-state index contributed by atoms with van der Waals surface area (Å²) in [4.78, 5) is 22.0. The first kappa shape index (κ1) is 23.4. The highest BCUT2D eigenvalue weighted by atomic mass is 32.2. The Morgan fingerprint density at radius 3 is 2.41 bits per heavy atom. The molecule has 2 heterocycles. The number of nitrogens with zero attached hydrogens (tertiary/aromatic N) is 5. The Labute approximate surface area is 200 Å². The van der Waals surface area contributed by atoms with E-state index in [0.717, 1.165) is 11.4 Å². The average molecular weight is 479 g/mol. The number of aryl methyl sites for hydroxylation is 3. The third-order valence-corrected chi connectivity index (χ3v) is 5.88. The SMILES string of the molecule is COc1ccc(-n2nnc(C(=O)Nc3ccc(C)c(F)c3)c2CSc2nc(C)cc(C)n2)cc1. The van der Waals surface area contributed by atoms with E-state index in [1.165, 1.54) is 17.8 Å². The predicted molar refractivity (Wildman–Crippen MR) is 128 cm³/mol. The zero-order chi connectivity index (χ0) is 24.2. The number of thioether (sulfide) groups is 1. The minimum atomic E-state index is -0.486. The second kappa shape index (κ2) is 10.0. The van der Waals surface area contributed by atoms with Crippen LogP contribution in [-0.4, -0.2) is 38.0 Å². The highest BCUT2D eigenvalue weighted by Crippen LogP contribution is 2.25. The van der Waals surface area contributed by atoms with Crippen molar-refractivity contribution in [2.45, 2.75) is 31.7 Å². The largest absolute Gasteiger partial charge is 0.497 e. The van der Waals surface area contributed by atoms with Crippen molar-refractivity contribution in [3.63, 3.8) is 0 Å². The number of carbonyl (C=O) groups is 1. The van der Waals surface area contributed by atoms with E-state index >= 15 is 0 Å². The number of ether oxygens (including phenoxy) is 1. The molecule has 0 aliphatic heterocycles. The second-order valence-corrected chi connectivity index (χ2v) is 8.58. The Balaban J connectivity index is 1.67. The van der Waals surface area contributed by atoms with Gasteiger partial charge in [-0.25, -0.2) is 19.0 Å². The van der Waals surface area contributed by atoms with Crippen molar-refractivity contribution in [3.05, 3.63) is 82.7 Å². The first-order valence-corrected chi connectivity index (χ1v) is 11.4. The summed E-state index contributed by atoms with van der Waals surface area (Å²) in [6, 6.07) is 13.7. The highest BCUT2D eigenvalue weighted by Gasteiger charge is 2.22. The highest BCUT2D eigenvalue weighted by molar-refractivity contribution is 7.98. The number of hydrogen-bond donors (Lipinski definition) is 1. The van der Waals surface area contributed by atoms with E-state index in [2.05, 4.69) is 25.6 Å². The fraction of sp³-hybridized carbons (Fsp3) is 0.208. The number of anilines is 1. The molecule has 0 bridgehead atoms. The summed E-state index contributed by atoms with van der Waals surface area (Å²) in [6.45, 7) is 5.47. The topological polar surface area (TPSA) is 94.8 Å². The molecule has 4 aromatic rings. The van der Waals surface area contributed by atoms with E-state index in [1.807, 2.05) is 32.0 Å². The molecule has 1 N–H and O–H groups in total. The van der Waals surface area contributed by atoms with Crippen molar-refractivity contribution in [1.29, 1.82) is 0 Å². The first-order chi connectivity index (χ1) is 16.3. The third-order valence-electron chi connectivity index (χ3n) is 5.02. The summed E-state index contributed by atoms with van der Waals surface area (Å²) in [5.41, 5.74) is 3.95. The summed E-state index contributed by atoms with van der Waals surface area (Å²) in [6.07, 6.45) is 0. The molecule has 0 atom stereocenters. The van der Waals surface area contributed by atoms with Gasteiger partial charge in [-0.2, -0.15) is 0 Å². The molecule has 0 unspecified atom stereocenters. The van der Waals surface area contributed by atoms with E-state index in [9.17, 15) is 9.18 Å². The quantitative estimate of drug-likeness (QED) is 0.305. The number of rotatable bonds is 7. The molecule has 1 amide bonds. The van der Waals surface area contributed by atoms with Crippen LogP contribution >= 0.6 is 11.8 Å². The number of aromatic nitrogens is 5. The van der Waals surface area contributed by atoms with Gasteiger partial charge in [-0.3, -0.25) is 4.79 Å². The van der Waals surface area contributed by atoms with Crippen LogP contribution in [0.2, 0.25) is 0 Å². The van der Waals surface area contributed by atoms with Crippen LogP contribution in [0.25, 0.3) is 5.69 Å². The van der Waals surface area contributed by atoms with Gasteiger partial charge in [-0.15, -0.1) is 5.10 Å². The van der Waals surface area contributed by atoms with Gasteiger partial charge in [0.05, 0.1) is 18.5 Å². The van der Waals surface area contributed by atoms with Crippen molar-refractivity contribution in [2.75, 3.05) is 12.4 Å². The molecular weight excluding hydrogens is 455 g/mol. The second-order valence-electron chi connectivity index (χ2n) is 7.63. The third kappa shape index (κ3) is 5.23. The van der Waals surface area contributed by atoms with Gasteiger partial charge >= 0.3 is 0 Å². The molecule has 34 heavy (non-hydrogen) atoms. The summed E-state index contributed by atoms with van der Waals surface area (Å²) in [5.74, 6) is 0.151. The number of carbonyl (C=O) groups excluding carboxylic acids is 1. The Bertz CT molecular complexity index is 1320. The smallest absolute Gasteiger partial charge is 0.278 e. The molecule has 10 heteroatoms. The van der Waals surface area contributed by atoms with Gasteiger partial charge in [-0.1, -0.05) is 23.0 Å². The summed E-state index contributed by atoms with van der Waals surface area (Å²) < 4.78 is 20.8. The van der Waals surface area contributed by atoms with Gasteiger partial charge < -0.3 is 10.1 Å². The monoisotopic (exact) mass is 478 g/mol. The standard InChI is InChI=1S/C24H23FN6O2S/c1-14-5-6-17(12-20(14)25)28-23(32)22-21(13-34-24-26-15(2)11-16(3)27-24)31(30-29-22)18-7-9-19(33-4)10-8-18/h5-12H,13H2,1-4H3,(H,28,32). The van der Waals surface area contributed by atoms with Crippen molar-refractivity contribution in [2.24, 2.45) is 0 Å². The fourth-order valence-corrected chi connectivity index (χ4v) is 4.23. The maximum absolute atomic E-state index is 14.0. The number of amides is 1. The van der Waals surface area contributed by atoms with Crippen LogP contribution in [0.5, 0.6) is 5.75 Å². The normalized spacial score (nSPS) is 10.9. The lowest BCUT2D eigenvalue weighted by atomic mass is 10.2. The molecule has 8 nitrogen and oxygen atoms in total. The summed E-state index contributed by atoms with van der Waals surface area (Å²) >= 11 is 1.38. The Kier molecular flexibility index (Phi) is 6.87. The summed E-state index contributed by atoms with van der Waals surface area (Å²) in [7, 11) is 1.59. The molecule has 4 rings (SSSR count). The van der Waals surface area contributed by atoms with Gasteiger partial charge in [0.2, 0.25) is 0 Å². The van der Waals surface area contributed by atoms with Crippen LogP contribution in [0.4, 0.5) is 10.1 Å². The van der Waals surface area contributed by atoms with E-state index in [0.29, 0.717) is 39.3 Å². The van der Waals surface area contributed by atoms with Crippen LogP contribution in [0.3, 0.4) is 0 Å². The van der Waals surface area contributed by atoms with Gasteiger partial charge in [0.1, 0.15) is 11.6 Å². The lowest BCUT2D eigenvalue weighted by Gasteiger charge is -2.10. The lowest BCUT2D eigenvalue weighted by molar-refractivity contribution is 0.102. The van der Waals surface area contributed by atoms with Crippen LogP contribution in [0.1, 0.15) is 33.1 Å². The first-order valence-electron chi connectivity index (χ1n) is 10.5. The van der Waals surface area contributed by atoms with Gasteiger partial charge in [0.15, 0.2) is 10.9 Å². The van der Waals surface area contributed by atoms with Crippen LogP contribution in [0.15, 0.2) is 53.7 Å². The van der Waals surface area contributed by atoms with Crippen LogP contribution in [0, 0.1) is 26.6 Å². The minimum Gasteiger partial charge on any atom is -0.497 e. The Morgan fingerprint density at radius 2 is 1.76 bits per heavy atom. The molecule has 174 valence electrons. The molecule has 0 aliphatic carbocycles. The van der Waals surface area contributed by atoms with Crippen molar-refractivity contribution < 1.29 is 13.9 Å². The van der Waals surface area contributed by atoms with Gasteiger partial charge in [0.25, 0.3) is 5.91 Å². The molecule has 0 saturated carbocycles. The number of hydrogen-bond acceptors (Lipinski definition) is 7. The number of halogens is 1. The Hall–Kier alpha value is -3.79. The van der Waals surface area contributed by atoms with Crippen LogP contribution in [-0.2, 0) is 5.75 Å². The van der Waals surface area contributed by atoms with E-state index in [-0.39, 0.29) is 5.69 Å². The maximum atomic E-state index is 14.0. The zero-order valence-corrected chi connectivity index (χ0v) is 20.0. The maximum Gasteiger partial charge on any atom is 0.278 e. The minimum absolute atomic E-state index is 0.133. The molecule has 0 spiro atoms. The molecule has 0 fully saturated rings. The molecule has 2 aromatic carbocycles. The zero-order valence-electron chi connectivity index (χ0n) is 19.2. The van der Waals surface area contributed by atoms with Gasteiger partial charge in [0, 0.05) is 22.8 Å². The van der Waals surface area contributed by atoms with Gasteiger partial charge in [-0.05, 0) is 68.8 Å². The van der Waals surface area contributed by atoms with E-state index in [1.54, 1.807) is 43.0 Å². The lowest BCUT2D eigenvalue weighted by Crippen LogP contribution is -2.15. The number of nitrogens with one attached hydrogen (secondary N) is 1. The molecular formula is C24H23FN6O2S. The summed E-state index contributed by atoms with van der Waals surface area (Å²) in [5, 5.41) is 11.7. The van der Waals surface area contributed by atoms with Crippen molar-refractivity contribution >= 4 is 23.4 Å².